The molecule has 1 aliphatic heterocycles. The number of anilines is 1. The standard InChI is InChI=1S/C15H20FNO/c1-3-12-6-5-9-17(10-12)15-13(11(2)18)7-4-8-14(15)16/h4,7-8,12H,3,5-6,9-10H2,1-2H3. The predicted octanol–water partition coefficient (Wildman–Crippen LogP) is 3.65. The Labute approximate surface area is 108 Å². The maximum absolute atomic E-state index is 14.0. The van der Waals surface area contributed by atoms with E-state index in [0.717, 1.165) is 25.9 Å². The third-order valence-electron chi connectivity index (χ3n) is 3.78. The van der Waals surface area contributed by atoms with E-state index in [9.17, 15) is 9.18 Å². The van der Waals surface area contributed by atoms with Crippen molar-refractivity contribution in [3.63, 3.8) is 0 Å². The summed E-state index contributed by atoms with van der Waals surface area (Å²) < 4.78 is 14.0. The molecule has 0 saturated carbocycles. The highest BCUT2D eigenvalue weighted by Crippen LogP contribution is 2.30. The molecule has 1 aliphatic rings. The first-order chi connectivity index (χ1) is 8.63. The molecule has 2 rings (SSSR count). The van der Waals surface area contributed by atoms with E-state index in [1.807, 2.05) is 4.90 Å². The molecule has 0 radical (unpaired) electrons. The third-order valence-corrected chi connectivity index (χ3v) is 3.78. The zero-order valence-electron chi connectivity index (χ0n) is 11.1. The van der Waals surface area contributed by atoms with Gasteiger partial charge >= 0.3 is 0 Å². The van der Waals surface area contributed by atoms with Gasteiger partial charge in [-0.2, -0.15) is 0 Å². The number of rotatable bonds is 3. The lowest BCUT2D eigenvalue weighted by atomic mass is 9.94. The van der Waals surface area contributed by atoms with Crippen LogP contribution in [-0.4, -0.2) is 18.9 Å². The average molecular weight is 249 g/mol. The smallest absolute Gasteiger partial charge is 0.161 e. The lowest BCUT2D eigenvalue weighted by molar-refractivity contribution is 0.101. The minimum atomic E-state index is -0.278. The van der Waals surface area contributed by atoms with Gasteiger partial charge in [0, 0.05) is 18.7 Å². The molecule has 1 aromatic carbocycles. The van der Waals surface area contributed by atoms with Crippen molar-refractivity contribution in [3.8, 4) is 0 Å². The van der Waals surface area contributed by atoms with Gasteiger partial charge in [-0.15, -0.1) is 0 Å². The van der Waals surface area contributed by atoms with E-state index in [4.69, 9.17) is 0 Å². The number of carbonyl (C=O) groups is 1. The van der Waals surface area contributed by atoms with Crippen molar-refractivity contribution in [1.82, 2.24) is 0 Å². The van der Waals surface area contributed by atoms with Crippen LogP contribution < -0.4 is 4.90 Å². The van der Waals surface area contributed by atoms with Gasteiger partial charge in [-0.25, -0.2) is 4.39 Å². The molecule has 2 nitrogen and oxygen atoms in total. The molecule has 0 aromatic heterocycles. The number of ketones is 1. The average Bonchev–Trinajstić information content (AvgIpc) is 2.38. The molecule has 1 heterocycles. The number of piperidine rings is 1. The molecule has 0 N–H and O–H groups in total. The SMILES string of the molecule is CCC1CCCN(c2c(F)cccc2C(C)=O)C1. The molecule has 1 saturated heterocycles. The van der Waals surface area contributed by atoms with Crippen LogP contribution in [0.15, 0.2) is 18.2 Å². The molecule has 1 aromatic rings. The minimum absolute atomic E-state index is 0.0666. The van der Waals surface area contributed by atoms with E-state index >= 15 is 0 Å². The maximum Gasteiger partial charge on any atom is 0.161 e. The summed E-state index contributed by atoms with van der Waals surface area (Å²) >= 11 is 0. The molecule has 98 valence electrons. The zero-order valence-corrected chi connectivity index (χ0v) is 11.1. The van der Waals surface area contributed by atoms with Gasteiger partial charge in [0.1, 0.15) is 5.82 Å². The fourth-order valence-electron chi connectivity index (χ4n) is 2.72. The highest BCUT2D eigenvalue weighted by atomic mass is 19.1. The number of para-hydroxylation sites is 1. The summed E-state index contributed by atoms with van der Waals surface area (Å²) in [5.74, 6) is 0.265. The van der Waals surface area contributed by atoms with E-state index in [2.05, 4.69) is 6.92 Å². The number of hydrogen-bond acceptors (Lipinski definition) is 2. The van der Waals surface area contributed by atoms with Crippen molar-refractivity contribution >= 4 is 11.5 Å². The Hall–Kier alpha value is -1.38. The van der Waals surface area contributed by atoms with Gasteiger partial charge in [-0.05, 0) is 37.8 Å². The fourth-order valence-corrected chi connectivity index (χ4v) is 2.72. The molecule has 1 fully saturated rings. The van der Waals surface area contributed by atoms with Gasteiger partial charge in [0.15, 0.2) is 5.78 Å². The largest absolute Gasteiger partial charge is 0.368 e. The van der Waals surface area contributed by atoms with Crippen LogP contribution in [0.3, 0.4) is 0 Å². The van der Waals surface area contributed by atoms with E-state index in [1.165, 1.54) is 19.4 Å². The van der Waals surface area contributed by atoms with Crippen LogP contribution in [0.5, 0.6) is 0 Å². The Morgan fingerprint density at radius 2 is 2.28 bits per heavy atom. The van der Waals surface area contributed by atoms with Crippen molar-refractivity contribution in [2.45, 2.75) is 33.1 Å². The number of nitrogens with zero attached hydrogens (tertiary/aromatic N) is 1. The monoisotopic (exact) mass is 249 g/mol. The Morgan fingerprint density at radius 3 is 2.94 bits per heavy atom. The number of halogens is 1. The Kier molecular flexibility index (Phi) is 4.00. The number of Topliss-reactive ketones (excluding diaryl/α,β-unsaturated/α-hetero) is 1. The molecule has 0 amide bonds. The molecule has 3 heteroatoms. The minimum Gasteiger partial charge on any atom is -0.368 e. The quantitative estimate of drug-likeness (QED) is 0.762. The molecular formula is C15H20FNO. The molecule has 18 heavy (non-hydrogen) atoms. The molecular weight excluding hydrogens is 229 g/mol. The van der Waals surface area contributed by atoms with Crippen LogP contribution in [0.2, 0.25) is 0 Å². The zero-order chi connectivity index (χ0) is 13.1. The second kappa shape index (κ2) is 5.51. The first kappa shape index (κ1) is 13.1. The lowest BCUT2D eigenvalue weighted by Crippen LogP contribution is -2.36. The van der Waals surface area contributed by atoms with Crippen LogP contribution >= 0.6 is 0 Å². The molecule has 0 spiro atoms. The van der Waals surface area contributed by atoms with Crippen molar-refractivity contribution in [2.75, 3.05) is 18.0 Å². The molecule has 0 bridgehead atoms. The van der Waals surface area contributed by atoms with E-state index < -0.39 is 0 Å². The van der Waals surface area contributed by atoms with Gasteiger partial charge < -0.3 is 4.90 Å². The third kappa shape index (κ3) is 2.55. The van der Waals surface area contributed by atoms with E-state index in [0.29, 0.717) is 17.2 Å². The molecule has 1 atom stereocenters. The summed E-state index contributed by atoms with van der Waals surface area (Å²) in [7, 11) is 0. The van der Waals surface area contributed by atoms with Gasteiger partial charge in [-0.1, -0.05) is 19.4 Å². The summed E-state index contributed by atoms with van der Waals surface area (Å²) in [5.41, 5.74) is 1.01. The summed E-state index contributed by atoms with van der Waals surface area (Å²) in [5, 5.41) is 0. The Morgan fingerprint density at radius 1 is 1.50 bits per heavy atom. The van der Waals surface area contributed by atoms with Crippen LogP contribution in [-0.2, 0) is 0 Å². The van der Waals surface area contributed by atoms with Crippen LogP contribution in [0.25, 0.3) is 0 Å². The highest BCUT2D eigenvalue weighted by Gasteiger charge is 2.24. The first-order valence-electron chi connectivity index (χ1n) is 6.68. The number of hydrogen-bond donors (Lipinski definition) is 0. The predicted molar refractivity (Wildman–Crippen MR) is 71.6 cm³/mol. The normalized spacial score (nSPS) is 19.9. The lowest BCUT2D eigenvalue weighted by Gasteiger charge is -2.35. The second-order valence-electron chi connectivity index (χ2n) is 5.05. The van der Waals surface area contributed by atoms with E-state index in [-0.39, 0.29) is 11.6 Å². The fraction of sp³-hybridized carbons (Fsp3) is 0.533. The molecule has 0 aliphatic carbocycles. The van der Waals surface area contributed by atoms with Gasteiger partial charge in [0.2, 0.25) is 0 Å². The van der Waals surface area contributed by atoms with Crippen molar-refractivity contribution in [1.29, 1.82) is 0 Å². The van der Waals surface area contributed by atoms with Crippen molar-refractivity contribution < 1.29 is 9.18 Å². The summed E-state index contributed by atoms with van der Waals surface area (Å²) in [6.07, 6.45) is 3.39. The van der Waals surface area contributed by atoms with Crippen LogP contribution in [0, 0.1) is 11.7 Å². The maximum atomic E-state index is 14.0. The number of carbonyl (C=O) groups excluding carboxylic acids is 1. The summed E-state index contributed by atoms with van der Waals surface area (Å²) in [6.45, 7) is 5.37. The first-order valence-corrected chi connectivity index (χ1v) is 6.68. The van der Waals surface area contributed by atoms with E-state index in [1.54, 1.807) is 12.1 Å². The topological polar surface area (TPSA) is 20.3 Å². The Bertz CT molecular complexity index is 444. The van der Waals surface area contributed by atoms with Gasteiger partial charge in [0.05, 0.1) is 5.69 Å². The van der Waals surface area contributed by atoms with Crippen molar-refractivity contribution in [2.24, 2.45) is 5.92 Å². The van der Waals surface area contributed by atoms with Gasteiger partial charge in [0.25, 0.3) is 0 Å². The summed E-state index contributed by atoms with van der Waals surface area (Å²) in [6, 6.07) is 4.77. The summed E-state index contributed by atoms with van der Waals surface area (Å²) in [4.78, 5) is 13.7. The number of benzene rings is 1. The highest BCUT2D eigenvalue weighted by molar-refractivity contribution is 5.99. The van der Waals surface area contributed by atoms with Gasteiger partial charge in [-0.3, -0.25) is 4.79 Å². The van der Waals surface area contributed by atoms with Crippen LogP contribution in [0.1, 0.15) is 43.5 Å². The van der Waals surface area contributed by atoms with Crippen molar-refractivity contribution in [3.05, 3.63) is 29.6 Å². The molecule has 1 unspecified atom stereocenters. The Balaban J connectivity index is 2.34. The van der Waals surface area contributed by atoms with Crippen LogP contribution in [0.4, 0.5) is 10.1 Å². The second-order valence-corrected chi connectivity index (χ2v) is 5.05.